The summed E-state index contributed by atoms with van der Waals surface area (Å²) >= 11 is 0. The summed E-state index contributed by atoms with van der Waals surface area (Å²) in [5.74, 6) is -0.545. The molecule has 3 atom stereocenters. The van der Waals surface area contributed by atoms with E-state index in [0.717, 1.165) is 103 Å². The van der Waals surface area contributed by atoms with Gasteiger partial charge >= 0.3 is 13.8 Å². The fourth-order valence-electron chi connectivity index (χ4n) is 7.22. The number of ether oxygens (including phenoxy) is 1. The fraction of sp³-hybridized carbons (Fsp3) is 0.782. The van der Waals surface area contributed by atoms with Gasteiger partial charge in [-0.2, -0.15) is 0 Å². The number of rotatable bonds is 47. The molecular formula is C55H102N2O7P+. The number of hydrogen-bond donors (Lipinski definition) is 2. The number of likely N-dealkylation sites (N-methyl/N-ethyl adjacent to an activating group) is 1. The number of amides is 1. The van der Waals surface area contributed by atoms with Crippen LogP contribution in [-0.2, 0) is 27.9 Å². The summed E-state index contributed by atoms with van der Waals surface area (Å²) < 4.78 is 30.5. The molecule has 0 aromatic heterocycles. The summed E-state index contributed by atoms with van der Waals surface area (Å²) in [5, 5.41) is 3.02. The Morgan fingerprint density at radius 2 is 0.954 bits per heavy atom. The molecule has 0 aliphatic heterocycles. The van der Waals surface area contributed by atoms with Gasteiger partial charge < -0.3 is 19.4 Å². The smallest absolute Gasteiger partial charge is 0.456 e. The van der Waals surface area contributed by atoms with Crippen molar-refractivity contribution in [2.24, 2.45) is 0 Å². The summed E-state index contributed by atoms with van der Waals surface area (Å²) in [6.07, 6.45) is 55.0. The third kappa shape index (κ3) is 46.6. The third-order valence-corrected chi connectivity index (χ3v) is 12.4. The molecule has 10 heteroatoms. The maximum atomic E-state index is 13.4. The van der Waals surface area contributed by atoms with E-state index in [9.17, 15) is 19.0 Å². The highest BCUT2D eigenvalue weighted by Crippen LogP contribution is 2.43. The van der Waals surface area contributed by atoms with Crippen LogP contribution >= 0.6 is 7.82 Å². The molecular weight excluding hydrogens is 832 g/mol. The van der Waals surface area contributed by atoms with E-state index >= 15 is 0 Å². The Morgan fingerprint density at radius 1 is 0.538 bits per heavy atom. The first kappa shape index (κ1) is 62.7. The van der Waals surface area contributed by atoms with E-state index in [0.29, 0.717) is 23.9 Å². The van der Waals surface area contributed by atoms with Gasteiger partial charge in [0, 0.05) is 12.8 Å². The van der Waals surface area contributed by atoms with Crippen LogP contribution in [0, 0.1) is 0 Å². The summed E-state index contributed by atoms with van der Waals surface area (Å²) in [5.41, 5.74) is 0. The Labute approximate surface area is 401 Å². The minimum Gasteiger partial charge on any atom is -0.456 e. The normalized spacial score (nSPS) is 14.4. The standard InChI is InChI=1S/C55H101N2O7P/c1-7-10-13-16-19-22-25-26-27-28-29-30-33-36-39-42-45-48-55(59)64-53(46-43-40-37-34-31-23-20-17-14-11-8-2)52(51-63-65(60,61)62-50-49-57(4,5)6)56-54(58)47-44-41-38-35-32-24-21-18-15-12-9-3/h18-19,21-22,26-27,29-30,43,46,52-53H,7-17,20,23-25,28,31-42,44-45,47-51H2,1-6H3,(H-,56,58,60,61)/p+1/b21-18-,22-19-,27-26-,30-29-,46-43-. The van der Waals surface area contributed by atoms with Crippen molar-refractivity contribution in [1.29, 1.82) is 0 Å². The van der Waals surface area contributed by atoms with Crippen molar-refractivity contribution in [1.82, 2.24) is 5.32 Å². The van der Waals surface area contributed by atoms with Gasteiger partial charge in [-0.05, 0) is 89.5 Å². The summed E-state index contributed by atoms with van der Waals surface area (Å²) in [6.45, 7) is 6.90. The number of quaternary nitrogens is 1. The Bertz CT molecular complexity index is 1300. The Morgan fingerprint density at radius 3 is 1.49 bits per heavy atom. The van der Waals surface area contributed by atoms with Crippen LogP contribution < -0.4 is 5.32 Å². The van der Waals surface area contributed by atoms with Crippen molar-refractivity contribution >= 4 is 19.7 Å². The molecule has 3 unspecified atom stereocenters. The lowest BCUT2D eigenvalue weighted by Crippen LogP contribution is -2.47. The van der Waals surface area contributed by atoms with Crippen LogP contribution in [0.15, 0.2) is 60.8 Å². The lowest BCUT2D eigenvalue weighted by atomic mass is 10.1. The van der Waals surface area contributed by atoms with Gasteiger partial charge in [0.05, 0.1) is 33.8 Å². The maximum absolute atomic E-state index is 13.4. The molecule has 0 aromatic rings. The van der Waals surface area contributed by atoms with Gasteiger partial charge in [-0.15, -0.1) is 0 Å². The molecule has 1 amide bonds. The zero-order valence-corrected chi connectivity index (χ0v) is 43.9. The average molecular weight is 934 g/mol. The van der Waals surface area contributed by atoms with Gasteiger partial charge in [0.1, 0.15) is 19.3 Å². The van der Waals surface area contributed by atoms with Crippen molar-refractivity contribution in [3.05, 3.63) is 60.8 Å². The number of allylic oxidation sites excluding steroid dienone is 9. The van der Waals surface area contributed by atoms with Gasteiger partial charge in [0.2, 0.25) is 5.91 Å². The van der Waals surface area contributed by atoms with E-state index in [1.807, 2.05) is 33.3 Å². The molecule has 9 nitrogen and oxygen atoms in total. The third-order valence-electron chi connectivity index (χ3n) is 11.4. The molecule has 0 rings (SSSR count). The van der Waals surface area contributed by atoms with Crippen molar-refractivity contribution in [3.63, 3.8) is 0 Å². The molecule has 65 heavy (non-hydrogen) atoms. The molecule has 0 bridgehead atoms. The Kier molecular flexibility index (Phi) is 43.9. The minimum absolute atomic E-state index is 0.0332. The van der Waals surface area contributed by atoms with Crippen LogP contribution in [-0.4, -0.2) is 74.3 Å². The average Bonchev–Trinajstić information content (AvgIpc) is 3.26. The molecule has 2 N–H and O–H groups in total. The minimum atomic E-state index is -4.44. The summed E-state index contributed by atoms with van der Waals surface area (Å²) in [7, 11) is 1.47. The number of hydrogen-bond acceptors (Lipinski definition) is 6. The molecule has 0 aliphatic rings. The SMILES string of the molecule is CCCC/C=C\CCCCCCCC(=O)NC(COP(=O)(O)OCC[N+](C)(C)C)C(/C=C\CCCCCCCCCCC)OC(=O)CCCCCC/C=C\C/C=C\C/C=C\CCCCC. The van der Waals surface area contributed by atoms with Crippen LogP contribution in [0.1, 0.15) is 226 Å². The largest absolute Gasteiger partial charge is 0.472 e. The number of carbonyl (C=O) groups is 2. The first-order valence-corrected chi connectivity index (χ1v) is 28.1. The first-order chi connectivity index (χ1) is 31.4. The molecule has 0 heterocycles. The number of esters is 1. The summed E-state index contributed by atoms with van der Waals surface area (Å²) in [6, 6.07) is -0.860. The van der Waals surface area contributed by atoms with Crippen molar-refractivity contribution < 1.29 is 37.3 Å². The topological polar surface area (TPSA) is 111 Å². The van der Waals surface area contributed by atoms with E-state index in [2.05, 4.69) is 74.7 Å². The first-order valence-electron chi connectivity index (χ1n) is 26.6. The second kappa shape index (κ2) is 45.5. The van der Waals surface area contributed by atoms with Crippen LogP contribution in [0.2, 0.25) is 0 Å². The molecule has 0 aromatic carbocycles. The monoisotopic (exact) mass is 934 g/mol. The highest BCUT2D eigenvalue weighted by Gasteiger charge is 2.30. The number of phosphoric acid groups is 1. The van der Waals surface area contributed by atoms with Crippen molar-refractivity contribution in [2.45, 2.75) is 238 Å². The number of nitrogens with zero attached hydrogens (tertiary/aromatic N) is 1. The van der Waals surface area contributed by atoms with Gasteiger partial charge in [0.25, 0.3) is 0 Å². The molecule has 0 saturated carbocycles. The highest BCUT2D eigenvalue weighted by atomic mass is 31.2. The molecule has 378 valence electrons. The fourth-order valence-corrected chi connectivity index (χ4v) is 7.96. The number of carbonyl (C=O) groups excluding carboxylic acids is 2. The lowest BCUT2D eigenvalue weighted by molar-refractivity contribution is -0.870. The maximum Gasteiger partial charge on any atom is 0.472 e. The second-order valence-electron chi connectivity index (χ2n) is 19.0. The van der Waals surface area contributed by atoms with E-state index in [4.69, 9.17) is 13.8 Å². The van der Waals surface area contributed by atoms with E-state index in [1.54, 1.807) is 0 Å². The number of phosphoric ester groups is 1. The molecule has 0 aliphatic carbocycles. The second-order valence-corrected chi connectivity index (χ2v) is 20.5. The van der Waals surface area contributed by atoms with Crippen LogP contribution in [0.25, 0.3) is 0 Å². The van der Waals surface area contributed by atoms with Gasteiger partial charge in [0.15, 0.2) is 0 Å². The predicted molar refractivity (Wildman–Crippen MR) is 277 cm³/mol. The summed E-state index contributed by atoms with van der Waals surface area (Å²) in [4.78, 5) is 37.4. The van der Waals surface area contributed by atoms with Gasteiger partial charge in [-0.1, -0.05) is 185 Å². The van der Waals surface area contributed by atoms with Crippen LogP contribution in [0.3, 0.4) is 0 Å². The number of nitrogens with one attached hydrogen (secondary N) is 1. The molecule has 0 saturated heterocycles. The quantitative estimate of drug-likeness (QED) is 0.0206. The highest BCUT2D eigenvalue weighted by molar-refractivity contribution is 7.47. The molecule has 0 spiro atoms. The zero-order chi connectivity index (χ0) is 48.0. The Hall–Kier alpha value is -2.29. The van der Waals surface area contributed by atoms with E-state index in [1.165, 1.54) is 83.5 Å². The Balaban J connectivity index is 5.42. The van der Waals surface area contributed by atoms with Gasteiger partial charge in [-0.25, -0.2) is 4.57 Å². The lowest BCUT2D eigenvalue weighted by Gasteiger charge is -2.27. The van der Waals surface area contributed by atoms with Crippen LogP contribution in [0.5, 0.6) is 0 Å². The molecule has 0 fully saturated rings. The zero-order valence-electron chi connectivity index (χ0n) is 43.0. The van der Waals surface area contributed by atoms with Crippen LogP contribution in [0.4, 0.5) is 0 Å². The van der Waals surface area contributed by atoms with Gasteiger partial charge in [-0.3, -0.25) is 18.6 Å². The van der Waals surface area contributed by atoms with Crippen molar-refractivity contribution in [2.75, 3.05) is 40.9 Å². The van der Waals surface area contributed by atoms with Crippen molar-refractivity contribution in [3.8, 4) is 0 Å². The molecule has 0 radical (unpaired) electrons. The van der Waals surface area contributed by atoms with E-state index in [-0.39, 0.29) is 31.5 Å². The predicted octanol–water partition coefficient (Wildman–Crippen LogP) is 15.5. The number of unbranched alkanes of at least 4 members (excludes halogenated alkanes) is 23. The van der Waals surface area contributed by atoms with E-state index < -0.39 is 20.0 Å².